The molecule has 0 saturated carbocycles. The first-order chi connectivity index (χ1) is 14.9. The van der Waals surface area contributed by atoms with E-state index in [1.807, 2.05) is 19.1 Å². The van der Waals surface area contributed by atoms with Gasteiger partial charge in [0.1, 0.15) is 11.3 Å². The summed E-state index contributed by atoms with van der Waals surface area (Å²) >= 11 is 0. The van der Waals surface area contributed by atoms with Crippen LogP contribution in [-0.2, 0) is 19.1 Å². The largest absolute Gasteiger partial charge is 0.450 e. The summed E-state index contributed by atoms with van der Waals surface area (Å²) in [5, 5.41) is 12.5. The highest BCUT2D eigenvalue weighted by molar-refractivity contribution is 5.96. The summed E-state index contributed by atoms with van der Waals surface area (Å²) in [5.74, 6) is -0.962. The minimum Gasteiger partial charge on any atom is -0.450 e. The van der Waals surface area contributed by atoms with Gasteiger partial charge in [-0.3, -0.25) is 4.79 Å². The van der Waals surface area contributed by atoms with Gasteiger partial charge >= 0.3 is 5.97 Å². The standard InChI is InChI=1S/C25H39NO5/c1-4-6-7-8-9-12-15-21-22(30-21)16-13-10-11-14-19(27)17-23(28)26-20-18-25(3,5-2)31-24(20)29/h10-11,13-14,18-19,21-22,27H,4-9,12,15-17H2,1-3H3,(H,26,28)/b13-10+,14-11-/t19-,21-,22+,25+/m1/s1. The van der Waals surface area contributed by atoms with E-state index in [1.165, 1.54) is 38.5 Å². The lowest BCUT2D eigenvalue weighted by atomic mass is 10.0. The van der Waals surface area contributed by atoms with E-state index in [2.05, 4.69) is 12.2 Å². The van der Waals surface area contributed by atoms with Crippen LogP contribution in [0.15, 0.2) is 36.1 Å². The van der Waals surface area contributed by atoms with Crippen molar-refractivity contribution in [1.82, 2.24) is 5.32 Å². The Morgan fingerprint density at radius 2 is 1.94 bits per heavy atom. The number of hydrogen-bond acceptors (Lipinski definition) is 5. The lowest BCUT2D eigenvalue weighted by Gasteiger charge is -2.17. The topological polar surface area (TPSA) is 88.2 Å². The van der Waals surface area contributed by atoms with Crippen molar-refractivity contribution >= 4 is 11.9 Å². The lowest BCUT2D eigenvalue weighted by Crippen LogP contribution is -2.28. The minimum atomic E-state index is -0.919. The Kier molecular flexibility index (Phi) is 10.5. The van der Waals surface area contributed by atoms with Crippen LogP contribution in [0.3, 0.4) is 0 Å². The molecule has 2 rings (SSSR count). The molecule has 1 fully saturated rings. The average Bonchev–Trinajstić information content (AvgIpc) is 3.40. The van der Waals surface area contributed by atoms with E-state index in [9.17, 15) is 14.7 Å². The number of carbonyl (C=O) groups excluding carboxylic acids is 2. The predicted molar refractivity (Wildman–Crippen MR) is 121 cm³/mol. The summed E-state index contributed by atoms with van der Waals surface area (Å²) in [5.41, 5.74) is -0.535. The van der Waals surface area contributed by atoms with Crippen molar-refractivity contribution in [1.29, 1.82) is 0 Å². The van der Waals surface area contributed by atoms with Crippen LogP contribution in [-0.4, -0.2) is 40.9 Å². The number of hydrogen-bond donors (Lipinski definition) is 2. The van der Waals surface area contributed by atoms with Gasteiger partial charge in [0.25, 0.3) is 0 Å². The molecule has 2 N–H and O–H groups in total. The van der Waals surface area contributed by atoms with E-state index < -0.39 is 23.6 Å². The van der Waals surface area contributed by atoms with Crippen LogP contribution in [0.2, 0.25) is 0 Å². The van der Waals surface area contributed by atoms with Crippen LogP contribution >= 0.6 is 0 Å². The van der Waals surface area contributed by atoms with Crippen LogP contribution in [0, 0.1) is 0 Å². The monoisotopic (exact) mass is 433 g/mol. The molecule has 2 aliphatic rings. The highest BCUT2D eigenvalue weighted by atomic mass is 16.6. The third-order valence-electron chi connectivity index (χ3n) is 5.84. The normalized spacial score (nSPS) is 26.3. The smallest absolute Gasteiger partial charge is 0.355 e. The van der Waals surface area contributed by atoms with E-state index >= 15 is 0 Å². The number of allylic oxidation sites excluding steroid dienone is 2. The summed E-state index contributed by atoms with van der Waals surface area (Å²) in [6, 6.07) is 0. The molecular formula is C25H39NO5. The number of epoxide rings is 1. The molecular weight excluding hydrogens is 394 g/mol. The molecule has 2 heterocycles. The third-order valence-corrected chi connectivity index (χ3v) is 5.84. The van der Waals surface area contributed by atoms with Crippen molar-refractivity contribution in [3.8, 4) is 0 Å². The molecule has 1 amide bonds. The zero-order valence-corrected chi connectivity index (χ0v) is 19.3. The summed E-state index contributed by atoms with van der Waals surface area (Å²) in [6.07, 6.45) is 19.0. The van der Waals surface area contributed by atoms with Gasteiger partial charge in [0, 0.05) is 0 Å². The maximum atomic E-state index is 12.0. The number of aliphatic hydroxyl groups excluding tert-OH is 1. The molecule has 0 spiro atoms. The molecule has 0 aromatic rings. The van der Waals surface area contributed by atoms with Gasteiger partial charge in [-0.25, -0.2) is 4.79 Å². The van der Waals surface area contributed by atoms with Crippen molar-refractivity contribution in [3.63, 3.8) is 0 Å². The molecule has 0 radical (unpaired) electrons. The molecule has 6 nitrogen and oxygen atoms in total. The van der Waals surface area contributed by atoms with Crippen molar-refractivity contribution < 1.29 is 24.2 Å². The molecule has 0 aliphatic carbocycles. The number of carbonyl (C=O) groups is 2. The van der Waals surface area contributed by atoms with E-state index in [-0.39, 0.29) is 12.1 Å². The zero-order valence-electron chi connectivity index (χ0n) is 19.3. The summed E-state index contributed by atoms with van der Waals surface area (Å²) in [6.45, 7) is 5.93. The van der Waals surface area contributed by atoms with Crippen LogP contribution in [0.5, 0.6) is 0 Å². The number of nitrogens with one attached hydrogen (secondary N) is 1. The molecule has 1 saturated heterocycles. The summed E-state index contributed by atoms with van der Waals surface area (Å²) in [7, 11) is 0. The fraction of sp³-hybridized carbons (Fsp3) is 0.680. The van der Waals surface area contributed by atoms with Crippen LogP contribution in [0.4, 0.5) is 0 Å². The highest BCUT2D eigenvalue weighted by Crippen LogP contribution is 2.30. The van der Waals surface area contributed by atoms with Crippen molar-refractivity contribution in [2.45, 2.75) is 109 Å². The first kappa shape index (κ1) is 25.3. The Morgan fingerprint density at radius 3 is 2.65 bits per heavy atom. The first-order valence-electron chi connectivity index (χ1n) is 11.8. The average molecular weight is 434 g/mol. The van der Waals surface area contributed by atoms with Gasteiger partial charge in [0.05, 0.1) is 24.7 Å². The maximum absolute atomic E-state index is 12.0. The zero-order chi connectivity index (χ0) is 22.7. The third kappa shape index (κ3) is 9.40. The van der Waals surface area contributed by atoms with Crippen LogP contribution in [0.25, 0.3) is 0 Å². The van der Waals surface area contributed by atoms with Gasteiger partial charge < -0.3 is 19.9 Å². The summed E-state index contributed by atoms with van der Waals surface area (Å²) in [4.78, 5) is 23.9. The van der Waals surface area contributed by atoms with Gasteiger partial charge in [-0.2, -0.15) is 0 Å². The SMILES string of the molecule is CCCCCCCC[C@H]1O[C@H]1C/C=C/C=C\[C@@H](O)CC(=O)NC1=C[C@](C)(CC)OC1=O. The Balaban J connectivity index is 1.56. The first-order valence-corrected chi connectivity index (χ1v) is 11.8. The van der Waals surface area contributed by atoms with Crippen molar-refractivity contribution in [3.05, 3.63) is 36.1 Å². The Labute approximate surface area is 186 Å². The predicted octanol–water partition coefficient (Wildman–Crippen LogP) is 4.48. The number of esters is 1. The van der Waals surface area contributed by atoms with E-state index in [0.717, 1.165) is 12.8 Å². The molecule has 174 valence electrons. The molecule has 4 atom stereocenters. The van der Waals surface area contributed by atoms with Gasteiger partial charge in [0.2, 0.25) is 5.91 Å². The number of ether oxygens (including phenoxy) is 2. The number of unbranched alkanes of at least 4 members (excludes halogenated alkanes) is 5. The molecule has 2 aliphatic heterocycles. The second-order valence-electron chi connectivity index (χ2n) is 8.75. The van der Waals surface area contributed by atoms with E-state index in [4.69, 9.17) is 9.47 Å². The fourth-order valence-corrected chi connectivity index (χ4v) is 3.63. The van der Waals surface area contributed by atoms with Gasteiger partial charge in [-0.05, 0) is 32.3 Å². The lowest BCUT2D eigenvalue weighted by molar-refractivity contribution is -0.146. The van der Waals surface area contributed by atoms with Crippen LogP contribution in [0.1, 0.15) is 85.0 Å². The second kappa shape index (κ2) is 12.8. The molecule has 0 bridgehead atoms. The van der Waals surface area contributed by atoms with Crippen molar-refractivity contribution in [2.24, 2.45) is 0 Å². The Hall–Kier alpha value is -1.92. The van der Waals surface area contributed by atoms with Gasteiger partial charge in [-0.1, -0.05) is 76.7 Å². The molecule has 6 heteroatoms. The number of amides is 1. The number of rotatable bonds is 15. The molecule has 0 aromatic carbocycles. The Bertz CT molecular complexity index is 683. The fourth-order valence-electron chi connectivity index (χ4n) is 3.63. The number of aliphatic hydroxyl groups is 1. The second-order valence-corrected chi connectivity index (χ2v) is 8.75. The highest BCUT2D eigenvalue weighted by Gasteiger charge is 2.36. The molecule has 31 heavy (non-hydrogen) atoms. The quantitative estimate of drug-likeness (QED) is 0.172. The van der Waals surface area contributed by atoms with Crippen molar-refractivity contribution in [2.75, 3.05) is 0 Å². The number of cyclic esters (lactones) is 1. The van der Waals surface area contributed by atoms with E-state index in [1.54, 1.807) is 25.2 Å². The maximum Gasteiger partial charge on any atom is 0.355 e. The van der Waals surface area contributed by atoms with Crippen LogP contribution < -0.4 is 5.32 Å². The Morgan fingerprint density at radius 1 is 1.19 bits per heavy atom. The van der Waals surface area contributed by atoms with Gasteiger partial charge in [-0.15, -0.1) is 0 Å². The molecule has 0 aromatic heterocycles. The summed E-state index contributed by atoms with van der Waals surface area (Å²) < 4.78 is 10.9. The van der Waals surface area contributed by atoms with Gasteiger partial charge in [0.15, 0.2) is 0 Å². The van der Waals surface area contributed by atoms with E-state index in [0.29, 0.717) is 18.6 Å². The minimum absolute atomic E-state index is 0.121. The molecule has 0 unspecified atom stereocenters.